The second-order valence-electron chi connectivity index (χ2n) is 3.49. The first-order valence-electron chi connectivity index (χ1n) is 3.82. The third kappa shape index (κ3) is 0.577. The van der Waals surface area contributed by atoms with Gasteiger partial charge >= 0.3 is 0 Å². The van der Waals surface area contributed by atoms with Crippen LogP contribution in [0.4, 0.5) is 0 Å². The Morgan fingerprint density at radius 2 is 2.33 bits per heavy atom. The number of hydrogen-bond acceptors (Lipinski definition) is 1. The van der Waals surface area contributed by atoms with Gasteiger partial charge in [-0.3, -0.25) is 4.79 Å². The van der Waals surface area contributed by atoms with E-state index in [2.05, 4.69) is 6.92 Å². The van der Waals surface area contributed by atoms with Crippen molar-refractivity contribution in [2.75, 3.05) is 0 Å². The fraction of sp³-hybridized carbons (Fsp3) is 0.875. The summed E-state index contributed by atoms with van der Waals surface area (Å²) in [6.07, 6.45) is 3.24. The minimum Gasteiger partial charge on any atom is -0.299 e. The summed E-state index contributed by atoms with van der Waals surface area (Å²) in [5.74, 6) is 2.68. The van der Waals surface area contributed by atoms with Crippen LogP contribution in [0.1, 0.15) is 26.2 Å². The van der Waals surface area contributed by atoms with E-state index in [0.717, 1.165) is 18.3 Å². The maximum Gasteiger partial charge on any atom is 0.136 e. The van der Waals surface area contributed by atoms with E-state index >= 15 is 0 Å². The molecule has 2 rings (SSSR count). The van der Waals surface area contributed by atoms with Crippen LogP contribution in [0.2, 0.25) is 0 Å². The molecular weight excluding hydrogens is 112 g/mol. The largest absolute Gasteiger partial charge is 0.299 e. The van der Waals surface area contributed by atoms with Crippen molar-refractivity contribution in [3.63, 3.8) is 0 Å². The molecule has 0 aromatic heterocycles. The smallest absolute Gasteiger partial charge is 0.136 e. The highest BCUT2D eigenvalue weighted by molar-refractivity contribution is 5.84. The van der Waals surface area contributed by atoms with Gasteiger partial charge in [-0.1, -0.05) is 6.92 Å². The average Bonchev–Trinajstić information content (AvgIpc) is 2.07. The maximum atomic E-state index is 11.0. The Bertz CT molecular complexity index is 151. The van der Waals surface area contributed by atoms with Crippen LogP contribution in [0, 0.1) is 17.8 Å². The summed E-state index contributed by atoms with van der Waals surface area (Å²) < 4.78 is 0. The predicted molar refractivity (Wildman–Crippen MR) is 35.0 cm³/mol. The molecule has 2 aliphatic rings. The quantitative estimate of drug-likeness (QED) is 0.479. The molecule has 0 N–H and O–H groups in total. The van der Waals surface area contributed by atoms with E-state index in [0.29, 0.717) is 11.7 Å². The molecule has 2 aliphatic carbocycles. The highest BCUT2D eigenvalue weighted by atomic mass is 16.1. The van der Waals surface area contributed by atoms with Crippen LogP contribution in [0.5, 0.6) is 0 Å². The number of carbonyl (C=O) groups is 1. The second kappa shape index (κ2) is 1.59. The van der Waals surface area contributed by atoms with E-state index in [1.165, 1.54) is 12.8 Å². The molecule has 1 nitrogen and oxygen atoms in total. The third-order valence-electron chi connectivity index (χ3n) is 3.01. The van der Waals surface area contributed by atoms with E-state index < -0.39 is 0 Å². The van der Waals surface area contributed by atoms with Gasteiger partial charge in [0.25, 0.3) is 0 Å². The molecule has 9 heavy (non-hydrogen) atoms. The van der Waals surface area contributed by atoms with Gasteiger partial charge < -0.3 is 0 Å². The van der Waals surface area contributed by atoms with Gasteiger partial charge in [0.1, 0.15) is 5.78 Å². The van der Waals surface area contributed by atoms with Gasteiger partial charge in [-0.15, -0.1) is 0 Å². The van der Waals surface area contributed by atoms with Crippen molar-refractivity contribution in [3.05, 3.63) is 0 Å². The zero-order valence-corrected chi connectivity index (χ0v) is 5.76. The minimum atomic E-state index is 0.500. The number of carbonyl (C=O) groups excluding carboxylic acids is 1. The summed E-state index contributed by atoms with van der Waals surface area (Å²) >= 11 is 0. The van der Waals surface area contributed by atoms with Crippen molar-refractivity contribution in [1.29, 1.82) is 0 Å². The topological polar surface area (TPSA) is 17.1 Å². The Balaban J connectivity index is 2.11. The Morgan fingerprint density at radius 3 is 2.78 bits per heavy atom. The molecule has 0 heterocycles. The van der Waals surface area contributed by atoms with Crippen LogP contribution in [0.3, 0.4) is 0 Å². The first kappa shape index (κ1) is 5.45. The van der Waals surface area contributed by atoms with Gasteiger partial charge in [0.15, 0.2) is 0 Å². The zero-order valence-electron chi connectivity index (χ0n) is 5.76. The summed E-state index contributed by atoms with van der Waals surface area (Å²) in [7, 11) is 0. The summed E-state index contributed by atoms with van der Waals surface area (Å²) in [4.78, 5) is 11.0. The van der Waals surface area contributed by atoms with E-state index in [9.17, 15) is 4.79 Å². The van der Waals surface area contributed by atoms with Crippen LogP contribution in [0.25, 0.3) is 0 Å². The van der Waals surface area contributed by atoms with Crippen LogP contribution < -0.4 is 0 Å². The summed E-state index contributed by atoms with van der Waals surface area (Å²) in [5.41, 5.74) is 0. The lowest BCUT2D eigenvalue weighted by molar-refractivity contribution is -0.124. The average molecular weight is 124 g/mol. The minimum absolute atomic E-state index is 0.500. The van der Waals surface area contributed by atoms with Gasteiger partial charge in [-0.05, 0) is 24.7 Å². The Hall–Kier alpha value is -0.330. The summed E-state index contributed by atoms with van der Waals surface area (Å²) in [5, 5.41) is 0. The van der Waals surface area contributed by atoms with Gasteiger partial charge in [0.2, 0.25) is 0 Å². The van der Waals surface area contributed by atoms with Crippen LogP contribution in [-0.2, 0) is 4.79 Å². The van der Waals surface area contributed by atoms with Crippen molar-refractivity contribution in [1.82, 2.24) is 0 Å². The molecular formula is C8H12O. The lowest BCUT2D eigenvalue weighted by Gasteiger charge is -2.36. The molecule has 0 spiro atoms. The Kier molecular flexibility index (Phi) is 0.961. The molecule has 2 saturated carbocycles. The molecule has 0 saturated heterocycles. The lowest BCUT2D eigenvalue weighted by atomic mass is 9.67. The monoisotopic (exact) mass is 124 g/mol. The Morgan fingerprint density at radius 1 is 1.56 bits per heavy atom. The standard InChI is InChI=1S/C8H12O/c1-5-4-7-6(5)2-3-8(7)9/h5-7H,2-4H2,1H3/t5-,6-,7+/m0/s1. The van der Waals surface area contributed by atoms with E-state index in [1.54, 1.807) is 0 Å². The molecule has 0 bridgehead atoms. The molecule has 0 aliphatic heterocycles. The number of hydrogen-bond donors (Lipinski definition) is 0. The summed E-state index contributed by atoms with van der Waals surface area (Å²) in [6.45, 7) is 2.26. The van der Waals surface area contributed by atoms with Crippen molar-refractivity contribution in [2.45, 2.75) is 26.2 Å². The fourth-order valence-electron chi connectivity index (χ4n) is 2.30. The van der Waals surface area contributed by atoms with Crippen molar-refractivity contribution in [2.24, 2.45) is 17.8 Å². The van der Waals surface area contributed by atoms with Gasteiger partial charge in [-0.25, -0.2) is 0 Å². The lowest BCUT2D eigenvalue weighted by Crippen LogP contribution is -2.33. The van der Waals surface area contributed by atoms with Crippen LogP contribution in [0.15, 0.2) is 0 Å². The number of fused-ring (bicyclic) bond motifs is 1. The van der Waals surface area contributed by atoms with Crippen molar-refractivity contribution in [3.8, 4) is 0 Å². The van der Waals surface area contributed by atoms with Gasteiger partial charge in [0.05, 0.1) is 0 Å². The number of rotatable bonds is 0. The fourth-order valence-corrected chi connectivity index (χ4v) is 2.30. The molecule has 0 radical (unpaired) electrons. The molecule has 0 amide bonds. The summed E-state index contributed by atoms with van der Waals surface area (Å²) in [6, 6.07) is 0. The second-order valence-corrected chi connectivity index (χ2v) is 3.49. The highest BCUT2D eigenvalue weighted by Gasteiger charge is 2.46. The third-order valence-corrected chi connectivity index (χ3v) is 3.01. The van der Waals surface area contributed by atoms with E-state index in [1.807, 2.05) is 0 Å². The van der Waals surface area contributed by atoms with E-state index in [-0.39, 0.29) is 0 Å². The normalized spacial score (nSPS) is 48.6. The van der Waals surface area contributed by atoms with Gasteiger partial charge in [-0.2, -0.15) is 0 Å². The zero-order chi connectivity index (χ0) is 6.43. The number of Topliss-reactive ketones (excluding diaryl/α,β-unsaturated/α-hetero) is 1. The van der Waals surface area contributed by atoms with Crippen LogP contribution >= 0.6 is 0 Å². The van der Waals surface area contributed by atoms with Gasteiger partial charge in [0, 0.05) is 12.3 Å². The Labute approximate surface area is 55.4 Å². The molecule has 50 valence electrons. The first-order chi connectivity index (χ1) is 4.29. The first-order valence-corrected chi connectivity index (χ1v) is 3.82. The van der Waals surface area contributed by atoms with E-state index in [4.69, 9.17) is 0 Å². The highest BCUT2D eigenvalue weighted by Crippen LogP contribution is 2.48. The molecule has 3 atom stereocenters. The van der Waals surface area contributed by atoms with Crippen molar-refractivity contribution >= 4 is 5.78 Å². The maximum absolute atomic E-state index is 11.0. The number of ketones is 1. The van der Waals surface area contributed by atoms with Crippen molar-refractivity contribution < 1.29 is 4.79 Å². The molecule has 0 unspecified atom stereocenters. The predicted octanol–water partition coefficient (Wildman–Crippen LogP) is 1.62. The van der Waals surface area contributed by atoms with Crippen LogP contribution in [-0.4, -0.2) is 5.78 Å². The molecule has 2 fully saturated rings. The molecule has 1 heteroatoms. The molecule has 0 aromatic carbocycles. The SMILES string of the molecule is C[C@H]1C[C@H]2C(=O)CC[C@@H]12. The molecule has 0 aromatic rings.